The molecule has 1 aliphatic rings. The van der Waals surface area contributed by atoms with Crippen molar-refractivity contribution in [3.8, 4) is 0 Å². The van der Waals surface area contributed by atoms with E-state index in [-0.39, 0.29) is 10.0 Å². The molecule has 0 radical (unpaired) electrons. The normalized spacial score (nSPS) is 15.2. The van der Waals surface area contributed by atoms with Crippen LogP contribution in [0.15, 0.2) is 21.5 Å². The summed E-state index contributed by atoms with van der Waals surface area (Å²) in [6, 6.07) is 2.29. The van der Waals surface area contributed by atoms with Crippen molar-refractivity contribution in [1.29, 1.82) is 0 Å². The molecule has 0 heterocycles. The van der Waals surface area contributed by atoms with Crippen LogP contribution in [0.1, 0.15) is 23.2 Å². The minimum Gasteiger partial charge on any atom is -0.341 e. The zero-order valence-electron chi connectivity index (χ0n) is 10.6. The second-order valence-corrected chi connectivity index (χ2v) is 8.28. The Morgan fingerprint density at radius 1 is 1.50 bits per heavy atom. The van der Waals surface area contributed by atoms with E-state index in [4.69, 9.17) is 10.7 Å². The number of halogens is 3. The van der Waals surface area contributed by atoms with Crippen LogP contribution in [0.5, 0.6) is 0 Å². The van der Waals surface area contributed by atoms with Crippen LogP contribution in [0.2, 0.25) is 0 Å². The van der Waals surface area contributed by atoms with Gasteiger partial charge in [0.15, 0.2) is 5.82 Å². The van der Waals surface area contributed by atoms with Gasteiger partial charge in [-0.2, -0.15) is 0 Å². The number of rotatable bonds is 4. The summed E-state index contributed by atoms with van der Waals surface area (Å²) in [7, 11) is 2.49. The Bertz CT molecular complexity index is 661. The van der Waals surface area contributed by atoms with Crippen LogP contribution in [0.25, 0.3) is 0 Å². The first-order valence-electron chi connectivity index (χ1n) is 5.89. The fourth-order valence-corrected chi connectivity index (χ4v) is 3.41. The number of hydrogen-bond donors (Lipinski definition) is 0. The van der Waals surface area contributed by atoms with Crippen molar-refractivity contribution in [3.63, 3.8) is 0 Å². The van der Waals surface area contributed by atoms with E-state index >= 15 is 0 Å². The van der Waals surface area contributed by atoms with Gasteiger partial charge in [0.05, 0.1) is 5.56 Å². The molecule has 2 rings (SSSR count). The van der Waals surface area contributed by atoms with Crippen molar-refractivity contribution in [2.45, 2.75) is 17.7 Å². The zero-order valence-corrected chi connectivity index (χ0v) is 13.7. The van der Waals surface area contributed by atoms with Crippen LogP contribution >= 0.6 is 26.6 Å². The van der Waals surface area contributed by atoms with E-state index in [2.05, 4.69) is 15.9 Å². The Morgan fingerprint density at radius 3 is 2.60 bits per heavy atom. The molecule has 4 nitrogen and oxygen atoms in total. The summed E-state index contributed by atoms with van der Waals surface area (Å²) in [5, 5.41) is 0. The molecule has 0 atom stereocenters. The number of carbonyl (C=O) groups is 1. The summed E-state index contributed by atoms with van der Waals surface area (Å²) < 4.78 is 37.1. The molecule has 0 aliphatic heterocycles. The van der Waals surface area contributed by atoms with Gasteiger partial charge in [0.2, 0.25) is 0 Å². The maximum Gasteiger partial charge on any atom is 0.264 e. The topological polar surface area (TPSA) is 54.5 Å². The molecule has 1 saturated carbocycles. The summed E-state index contributed by atoms with van der Waals surface area (Å²) >= 11 is 3.06. The molecule has 1 aromatic carbocycles. The van der Waals surface area contributed by atoms with Crippen molar-refractivity contribution in [2.24, 2.45) is 5.92 Å². The van der Waals surface area contributed by atoms with Crippen molar-refractivity contribution in [3.05, 3.63) is 28.0 Å². The van der Waals surface area contributed by atoms with Gasteiger partial charge in [-0.15, -0.1) is 0 Å². The van der Waals surface area contributed by atoms with E-state index in [1.54, 1.807) is 7.05 Å². The molecule has 1 fully saturated rings. The monoisotopic (exact) mass is 383 g/mol. The van der Waals surface area contributed by atoms with Crippen LogP contribution in [-0.2, 0) is 9.05 Å². The van der Waals surface area contributed by atoms with Gasteiger partial charge in [-0.1, -0.05) is 15.9 Å². The molecular formula is C12H12BrClFNO3S. The molecule has 0 bridgehead atoms. The highest BCUT2D eigenvalue weighted by Crippen LogP contribution is 2.31. The largest absolute Gasteiger partial charge is 0.341 e. The Hall–Kier alpha value is -0.660. The van der Waals surface area contributed by atoms with Crippen LogP contribution in [0.4, 0.5) is 4.39 Å². The van der Waals surface area contributed by atoms with Crippen LogP contribution in [-0.4, -0.2) is 32.8 Å². The average Bonchev–Trinajstić information content (AvgIpc) is 3.13. The Morgan fingerprint density at radius 2 is 2.10 bits per heavy atom. The van der Waals surface area contributed by atoms with Crippen LogP contribution < -0.4 is 0 Å². The number of benzene rings is 1. The Labute approximate surface area is 129 Å². The smallest absolute Gasteiger partial charge is 0.264 e. The molecule has 0 unspecified atom stereocenters. The maximum atomic E-state index is 14.2. The van der Waals surface area contributed by atoms with Gasteiger partial charge < -0.3 is 4.90 Å². The van der Waals surface area contributed by atoms with Crippen LogP contribution in [0.3, 0.4) is 0 Å². The standard InChI is InChI=1S/C12H12BrClFNO3S/c1-16(6-7-2-3-7)12(17)9-4-8(13)5-10(11(9)15)20(14,18)19/h4-5,7H,2-3,6H2,1H3. The Kier molecular flexibility index (Phi) is 4.41. The minimum atomic E-state index is -4.25. The average molecular weight is 385 g/mol. The Balaban J connectivity index is 2.40. The number of nitrogens with zero attached hydrogens (tertiary/aromatic N) is 1. The second-order valence-electron chi connectivity index (χ2n) is 4.83. The highest BCUT2D eigenvalue weighted by Gasteiger charge is 2.28. The van der Waals surface area contributed by atoms with Crippen molar-refractivity contribution >= 4 is 41.6 Å². The van der Waals surface area contributed by atoms with Gasteiger partial charge in [0.1, 0.15) is 4.90 Å². The summed E-state index contributed by atoms with van der Waals surface area (Å²) in [5.74, 6) is -1.22. The number of hydrogen-bond acceptors (Lipinski definition) is 3. The van der Waals surface area contributed by atoms with E-state index in [0.717, 1.165) is 18.9 Å². The molecule has 1 aromatic rings. The molecule has 0 spiro atoms. The quantitative estimate of drug-likeness (QED) is 0.750. The van der Waals surface area contributed by atoms with Crippen LogP contribution in [0, 0.1) is 11.7 Å². The zero-order chi connectivity index (χ0) is 15.1. The van der Waals surface area contributed by atoms with Crippen molar-refractivity contribution < 1.29 is 17.6 Å². The first kappa shape index (κ1) is 15.7. The SMILES string of the molecule is CN(CC1CC1)C(=O)c1cc(Br)cc(S(=O)(=O)Cl)c1F. The van der Waals surface area contributed by atoms with E-state index in [9.17, 15) is 17.6 Å². The van der Waals surface area contributed by atoms with Gasteiger partial charge in [0.25, 0.3) is 15.0 Å². The van der Waals surface area contributed by atoms with E-state index < -0.39 is 25.7 Å². The first-order chi connectivity index (χ1) is 9.20. The highest BCUT2D eigenvalue weighted by molar-refractivity contribution is 9.10. The van der Waals surface area contributed by atoms with Gasteiger partial charge in [-0.3, -0.25) is 4.79 Å². The molecule has 20 heavy (non-hydrogen) atoms. The fourth-order valence-electron chi connectivity index (χ4n) is 1.87. The second kappa shape index (κ2) is 5.61. The lowest BCUT2D eigenvalue weighted by molar-refractivity contribution is 0.0783. The van der Waals surface area contributed by atoms with Crippen molar-refractivity contribution in [1.82, 2.24) is 4.90 Å². The summed E-state index contributed by atoms with van der Waals surface area (Å²) in [4.78, 5) is 12.9. The van der Waals surface area contributed by atoms with Gasteiger partial charge in [-0.05, 0) is 30.9 Å². The van der Waals surface area contributed by atoms with E-state index in [1.165, 1.54) is 11.0 Å². The predicted molar refractivity (Wildman–Crippen MR) is 76.8 cm³/mol. The molecule has 110 valence electrons. The first-order valence-corrected chi connectivity index (χ1v) is 8.99. The maximum absolute atomic E-state index is 14.2. The third kappa shape index (κ3) is 3.51. The lowest BCUT2D eigenvalue weighted by Gasteiger charge is -2.18. The summed E-state index contributed by atoms with van der Waals surface area (Å²) in [5.41, 5.74) is -0.304. The molecule has 1 amide bonds. The summed E-state index contributed by atoms with van der Waals surface area (Å²) in [6.45, 7) is 0.535. The molecule has 0 N–H and O–H groups in total. The van der Waals surface area contributed by atoms with E-state index in [1.807, 2.05) is 0 Å². The number of amides is 1. The third-order valence-corrected chi connectivity index (χ3v) is 4.85. The lowest BCUT2D eigenvalue weighted by Crippen LogP contribution is -2.29. The predicted octanol–water partition coefficient (Wildman–Crippen LogP) is 3.00. The summed E-state index contributed by atoms with van der Waals surface area (Å²) in [6.07, 6.45) is 2.11. The van der Waals surface area contributed by atoms with E-state index in [0.29, 0.717) is 12.5 Å². The van der Waals surface area contributed by atoms with Gasteiger partial charge >= 0.3 is 0 Å². The van der Waals surface area contributed by atoms with Gasteiger partial charge in [-0.25, -0.2) is 12.8 Å². The lowest BCUT2D eigenvalue weighted by atomic mass is 10.2. The fraction of sp³-hybridized carbons (Fsp3) is 0.417. The molecule has 0 saturated heterocycles. The minimum absolute atomic E-state index is 0.279. The number of carbonyl (C=O) groups excluding carboxylic acids is 1. The van der Waals surface area contributed by atoms with Gasteiger partial charge in [0, 0.05) is 28.7 Å². The highest BCUT2D eigenvalue weighted by atomic mass is 79.9. The van der Waals surface area contributed by atoms with Crippen molar-refractivity contribution in [2.75, 3.05) is 13.6 Å². The third-order valence-electron chi connectivity index (χ3n) is 3.07. The molecule has 1 aliphatic carbocycles. The molecular weight excluding hydrogens is 373 g/mol. The molecule has 8 heteroatoms. The molecule has 0 aromatic heterocycles.